The average molecular weight is 577 g/mol. The van der Waals surface area contributed by atoms with E-state index in [1.807, 2.05) is 4.90 Å². The van der Waals surface area contributed by atoms with Crippen molar-refractivity contribution in [2.45, 2.75) is 31.3 Å². The fourth-order valence-electron chi connectivity index (χ4n) is 4.08. The zero-order chi connectivity index (χ0) is 29.7. The first-order chi connectivity index (χ1) is 18.7. The molecule has 0 radical (unpaired) electrons. The molecule has 1 unspecified atom stereocenters. The number of rotatable bonds is 9. The minimum Gasteiger partial charge on any atom is -0.409 e. The monoisotopic (exact) mass is 576 g/mol. The first kappa shape index (κ1) is 30.9. The van der Waals surface area contributed by atoms with Gasteiger partial charge in [0.1, 0.15) is 5.82 Å². The van der Waals surface area contributed by atoms with Crippen molar-refractivity contribution in [3.63, 3.8) is 0 Å². The van der Waals surface area contributed by atoms with Crippen LogP contribution >= 0.6 is 0 Å². The first-order valence-corrected chi connectivity index (χ1v) is 12.1. The van der Waals surface area contributed by atoms with Gasteiger partial charge in [-0.2, -0.15) is 26.3 Å². The summed E-state index contributed by atoms with van der Waals surface area (Å²) in [5.41, 5.74) is -4.84. The summed E-state index contributed by atoms with van der Waals surface area (Å²) in [4.78, 5) is 15.5. The van der Waals surface area contributed by atoms with Gasteiger partial charge in [-0.1, -0.05) is 0 Å². The van der Waals surface area contributed by atoms with Crippen molar-refractivity contribution in [2.75, 3.05) is 38.1 Å². The fourth-order valence-corrected chi connectivity index (χ4v) is 4.08. The normalized spacial score (nSPS) is 15.6. The number of alkyl halides is 6. The molecule has 0 saturated carbocycles. The lowest BCUT2D eigenvalue weighted by Crippen LogP contribution is -2.35. The van der Waals surface area contributed by atoms with Crippen molar-refractivity contribution >= 4 is 23.6 Å². The van der Waals surface area contributed by atoms with Crippen molar-refractivity contribution in [3.05, 3.63) is 65.1 Å². The SMILES string of the molecule is CN(C(=O)Oc1c(/C(C=N)=C/NCC(O)CN2CCCC2)cc(C(F)(F)F)cc1C(F)(F)F)c1ccc(F)cc1. The van der Waals surface area contributed by atoms with E-state index in [1.165, 1.54) is 0 Å². The smallest absolute Gasteiger partial charge is 0.409 e. The van der Waals surface area contributed by atoms with Crippen LogP contribution < -0.4 is 15.0 Å². The highest BCUT2D eigenvalue weighted by Crippen LogP contribution is 2.44. The van der Waals surface area contributed by atoms with Gasteiger partial charge in [0.25, 0.3) is 0 Å². The van der Waals surface area contributed by atoms with E-state index in [2.05, 4.69) is 5.32 Å². The molecule has 1 aliphatic heterocycles. The van der Waals surface area contributed by atoms with Crippen LogP contribution in [0.15, 0.2) is 42.6 Å². The van der Waals surface area contributed by atoms with Crippen molar-refractivity contribution < 1.29 is 45.4 Å². The van der Waals surface area contributed by atoms with Crippen LogP contribution in [-0.4, -0.2) is 61.6 Å². The molecule has 40 heavy (non-hydrogen) atoms. The number of amides is 1. The van der Waals surface area contributed by atoms with Gasteiger partial charge < -0.3 is 25.5 Å². The Morgan fingerprint density at radius 3 is 2.30 bits per heavy atom. The summed E-state index contributed by atoms with van der Waals surface area (Å²) in [6.45, 7) is 1.79. The highest BCUT2D eigenvalue weighted by molar-refractivity contribution is 6.10. The number of ether oxygens (including phenoxy) is 1. The quantitative estimate of drug-likeness (QED) is 0.270. The lowest BCUT2D eigenvalue weighted by molar-refractivity contribution is -0.143. The summed E-state index contributed by atoms with van der Waals surface area (Å²) in [6, 6.07) is 4.44. The van der Waals surface area contributed by atoms with Crippen molar-refractivity contribution in [3.8, 4) is 5.75 Å². The van der Waals surface area contributed by atoms with Crippen LogP contribution in [-0.2, 0) is 12.4 Å². The predicted octanol–water partition coefficient (Wildman–Crippen LogP) is 5.54. The molecule has 14 heteroatoms. The Kier molecular flexibility index (Phi) is 9.79. The second kappa shape index (κ2) is 12.7. The van der Waals surface area contributed by atoms with E-state index < -0.39 is 58.4 Å². The number of nitrogens with zero attached hydrogens (tertiary/aromatic N) is 2. The van der Waals surface area contributed by atoms with E-state index in [0.717, 1.165) is 68.3 Å². The van der Waals surface area contributed by atoms with E-state index in [9.17, 15) is 40.6 Å². The molecule has 1 atom stereocenters. The molecule has 1 fully saturated rings. The van der Waals surface area contributed by atoms with E-state index in [0.29, 0.717) is 18.8 Å². The Bertz CT molecular complexity index is 1220. The lowest BCUT2D eigenvalue weighted by atomic mass is 9.98. The molecule has 1 saturated heterocycles. The standard InChI is InChI=1S/C26H27F7N4O3/c1-36(19-6-4-18(27)5-7-19)24(39)40-23-21(10-17(25(28,29)30)11-22(23)26(31,32)33)16(12-34)13-35-14-20(38)15-37-8-2-3-9-37/h4-7,10-13,20,34-35,38H,2-3,8-9,14-15H2,1H3/b16-13+,34-12?. The molecule has 0 bridgehead atoms. The van der Waals surface area contributed by atoms with Gasteiger partial charge in [-0.15, -0.1) is 0 Å². The molecule has 3 rings (SSSR count). The predicted molar refractivity (Wildman–Crippen MR) is 134 cm³/mol. The van der Waals surface area contributed by atoms with Crippen molar-refractivity contribution in [1.82, 2.24) is 10.2 Å². The second-order valence-electron chi connectivity index (χ2n) is 9.11. The third-order valence-electron chi connectivity index (χ3n) is 6.14. The Balaban J connectivity index is 2.00. The number of β-amino-alcohol motifs (C(OH)–C–C–N with tert-alkyl or cyclic N) is 1. The maximum absolute atomic E-state index is 14.0. The molecule has 0 spiro atoms. The number of nitrogens with one attached hydrogen (secondary N) is 2. The van der Waals surface area contributed by atoms with Gasteiger partial charge >= 0.3 is 18.4 Å². The molecular formula is C26H27F7N4O3. The van der Waals surface area contributed by atoms with Crippen LogP contribution in [0.1, 0.15) is 29.5 Å². The number of likely N-dealkylation sites (tertiary alicyclic amines) is 1. The van der Waals surface area contributed by atoms with Crippen molar-refractivity contribution in [2.24, 2.45) is 0 Å². The van der Waals surface area contributed by atoms with Crippen molar-refractivity contribution in [1.29, 1.82) is 5.41 Å². The third-order valence-corrected chi connectivity index (χ3v) is 6.14. The second-order valence-corrected chi connectivity index (χ2v) is 9.11. The number of hydrogen-bond acceptors (Lipinski definition) is 6. The molecule has 0 aromatic heterocycles. The molecule has 3 N–H and O–H groups in total. The molecule has 7 nitrogen and oxygen atoms in total. The summed E-state index contributed by atoms with van der Waals surface area (Å²) in [5.74, 6) is -1.90. The maximum Gasteiger partial charge on any atom is 0.420 e. The molecule has 1 heterocycles. The molecule has 2 aromatic rings. The number of aliphatic hydroxyl groups is 1. The molecule has 1 amide bonds. The summed E-state index contributed by atoms with van der Waals surface area (Å²) in [7, 11) is 1.11. The minimum absolute atomic E-state index is 0.0323. The van der Waals surface area contributed by atoms with Crippen LogP contribution in [0.3, 0.4) is 0 Å². The van der Waals surface area contributed by atoms with E-state index in [1.54, 1.807) is 0 Å². The summed E-state index contributed by atoms with van der Waals surface area (Å²) in [6.07, 6.45) is -9.47. The Hall–Kier alpha value is -3.65. The average Bonchev–Trinajstić information content (AvgIpc) is 3.38. The summed E-state index contributed by atoms with van der Waals surface area (Å²) >= 11 is 0. The van der Waals surface area contributed by atoms with Gasteiger partial charge in [0.2, 0.25) is 0 Å². The van der Waals surface area contributed by atoms with Crippen LogP contribution in [0, 0.1) is 11.2 Å². The topological polar surface area (TPSA) is 88.9 Å². The van der Waals surface area contributed by atoms with Gasteiger partial charge in [-0.05, 0) is 62.3 Å². The molecule has 218 valence electrons. The van der Waals surface area contributed by atoms with Crippen LogP contribution in [0.4, 0.5) is 41.2 Å². The Morgan fingerprint density at radius 2 is 1.75 bits per heavy atom. The van der Waals surface area contributed by atoms with Crippen LogP contribution in [0.2, 0.25) is 0 Å². The minimum atomic E-state index is -5.38. The molecule has 0 aliphatic carbocycles. The van der Waals surface area contributed by atoms with Gasteiger partial charge in [-0.25, -0.2) is 9.18 Å². The third kappa shape index (κ3) is 7.94. The van der Waals surface area contributed by atoms with Gasteiger partial charge in [0, 0.05) is 49.4 Å². The molecule has 1 aliphatic rings. The fraction of sp³-hybridized carbons (Fsp3) is 0.385. The summed E-state index contributed by atoms with van der Waals surface area (Å²) < 4.78 is 101. The van der Waals surface area contributed by atoms with Crippen LogP contribution in [0.5, 0.6) is 5.75 Å². The number of hydrogen-bond donors (Lipinski definition) is 3. The number of carbonyl (C=O) groups excluding carboxylic acids is 1. The number of aliphatic hydroxyl groups excluding tert-OH is 1. The van der Waals surface area contributed by atoms with E-state index >= 15 is 0 Å². The number of allylic oxidation sites excluding steroid dienone is 1. The Morgan fingerprint density at radius 1 is 1.12 bits per heavy atom. The van der Waals surface area contributed by atoms with Gasteiger partial charge in [0.05, 0.1) is 17.2 Å². The number of benzene rings is 2. The highest BCUT2D eigenvalue weighted by Gasteiger charge is 2.41. The lowest BCUT2D eigenvalue weighted by Gasteiger charge is -2.23. The maximum atomic E-state index is 14.0. The largest absolute Gasteiger partial charge is 0.420 e. The van der Waals surface area contributed by atoms with E-state index in [-0.39, 0.29) is 18.3 Å². The molecule has 2 aromatic carbocycles. The van der Waals surface area contributed by atoms with Gasteiger partial charge in [-0.3, -0.25) is 4.90 Å². The van der Waals surface area contributed by atoms with E-state index in [4.69, 9.17) is 10.1 Å². The number of halogens is 7. The number of carbonyl (C=O) groups is 1. The van der Waals surface area contributed by atoms with Crippen LogP contribution in [0.25, 0.3) is 5.57 Å². The molecular weight excluding hydrogens is 549 g/mol. The highest BCUT2D eigenvalue weighted by atomic mass is 19.4. The first-order valence-electron chi connectivity index (χ1n) is 12.1. The summed E-state index contributed by atoms with van der Waals surface area (Å²) in [5, 5.41) is 20.5. The zero-order valence-corrected chi connectivity index (χ0v) is 21.2. The Labute approximate surface area is 225 Å². The zero-order valence-electron chi connectivity index (χ0n) is 21.2. The van der Waals surface area contributed by atoms with Gasteiger partial charge in [0.15, 0.2) is 5.75 Å². The number of anilines is 1.